The Hall–Kier alpha value is -0.220. The molecule has 0 radical (unpaired) electrons. The summed E-state index contributed by atoms with van der Waals surface area (Å²) in [6.45, 7) is 0. The minimum atomic E-state index is 0.124. The van der Waals surface area contributed by atoms with Crippen LogP contribution in [0.4, 0.5) is 0 Å². The second-order valence-corrected chi connectivity index (χ2v) is 3.49. The summed E-state index contributed by atoms with van der Waals surface area (Å²) in [4.78, 5) is 2.79. The molecule has 1 aliphatic rings. The van der Waals surface area contributed by atoms with Crippen LogP contribution in [0.2, 0.25) is 0 Å². The van der Waals surface area contributed by atoms with E-state index in [0.717, 1.165) is 19.3 Å². The topological polar surface area (TPSA) is 48.8 Å². The minimum Gasteiger partial charge on any atom is -0.0854 e. The molecule has 0 aliphatic heterocycles. The third kappa shape index (κ3) is 1.88. The van der Waals surface area contributed by atoms with Crippen LogP contribution in [0.3, 0.4) is 0 Å². The molecule has 3 nitrogen and oxygen atoms in total. The number of azide groups is 1. The van der Waals surface area contributed by atoms with Gasteiger partial charge in [0, 0.05) is 4.91 Å². The van der Waals surface area contributed by atoms with Crippen molar-refractivity contribution >= 4 is 22.6 Å². The van der Waals surface area contributed by atoms with Crippen LogP contribution in [0.1, 0.15) is 19.3 Å². The molecule has 0 amide bonds. The molecule has 1 rings (SSSR count). The van der Waals surface area contributed by atoms with E-state index in [1.165, 1.54) is 3.58 Å². The summed E-state index contributed by atoms with van der Waals surface area (Å²) in [5.74, 6) is 0. The van der Waals surface area contributed by atoms with Crippen molar-refractivity contribution in [3.63, 3.8) is 0 Å². The zero-order chi connectivity index (χ0) is 7.40. The fourth-order valence-corrected chi connectivity index (χ4v) is 1.75. The molecule has 0 aromatic rings. The van der Waals surface area contributed by atoms with Gasteiger partial charge in [0.1, 0.15) is 0 Å². The van der Waals surface area contributed by atoms with Gasteiger partial charge in [0.05, 0.1) is 6.04 Å². The summed E-state index contributed by atoms with van der Waals surface area (Å²) in [5.41, 5.74) is 8.16. The van der Waals surface area contributed by atoms with E-state index < -0.39 is 0 Å². The molecule has 0 spiro atoms. The van der Waals surface area contributed by atoms with Gasteiger partial charge < -0.3 is 0 Å². The standard InChI is InChI=1S/C6H8IN3/c7-5-3-1-2-4-6(5)9-10-8/h3,6H,1-2,4H2. The zero-order valence-electron chi connectivity index (χ0n) is 5.50. The lowest BCUT2D eigenvalue weighted by molar-refractivity contribution is 0.639. The average molecular weight is 249 g/mol. The van der Waals surface area contributed by atoms with Gasteiger partial charge >= 0.3 is 0 Å². The highest BCUT2D eigenvalue weighted by Crippen LogP contribution is 2.25. The Balaban J connectivity index is 2.66. The monoisotopic (exact) mass is 249 g/mol. The Morgan fingerprint density at radius 1 is 1.80 bits per heavy atom. The van der Waals surface area contributed by atoms with Gasteiger partial charge in [0.15, 0.2) is 0 Å². The summed E-state index contributed by atoms with van der Waals surface area (Å²) >= 11 is 2.24. The SMILES string of the molecule is [N-]=[N+]=NC1CCCC=C1I. The van der Waals surface area contributed by atoms with Crippen molar-refractivity contribution in [2.24, 2.45) is 5.11 Å². The highest BCUT2D eigenvalue weighted by atomic mass is 127. The molecule has 0 bridgehead atoms. The Labute approximate surface area is 73.3 Å². The van der Waals surface area contributed by atoms with E-state index in [-0.39, 0.29) is 6.04 Å². The molecule has 0 aromatic carbocycles. The fourth-order valence-electron chi connectivity index (χ4n) is 1.00. The number of hydrogen-bond acceptors (Lipinski definition) is 1. The van der Waals surface area contributed by atoms with Gasteiger partial charge in [-0.15, -0.1) is 0 Å². The largest absolute Gasteiger partial charge is 0.0854 e. The van der Waals surface area contributed by atoms with Gasteiger partial charge in [-0.3, -0.25) is 0 Å². The lowest BCUT2D eigenvalue weighted by atomic mass is 10.0. The molecule has 0 N–H and O–H groups in total. The van der Waals surface area contributed by atoms with E-state index in [0.29, 0.717) is 0 Å². The summed E-state index contributed by atoms with van der Waals surface area (Å²) in [7, 11) is 0. The highest BCUT2D eigenvalue weighted by Gasteiger charge is 2.12. The van der Waals surface area contributed by atoms with Crippen molar-refractivity contribution < 1.29 is 0 Å². The van der Waals surface area contributed by atoms with Gasteiger partial charge in [-0.05, 0) is 51.0 Å². The van der Waals surface area contributed by atoms with Gasteiger partial charge in [-0.25, -0.2) is 0 Å². The number of rotatable bonds is 1. The Morgan fingerprint density at radius 2 is 2.60 bits per heavy atom. The molecule has 0 saturated carbocycles. The third-order valence-electron chi connectivity index (χ3n) is 1.53. The predicted molar refractivity (Wildman–Crippen MR) is 48.9 cm³/mol. The van der Waals surface area contributed by atoms with Crippen LogP contribution in [0, 0.1) is 0 Å². The average Bonchev–Trinajstić information content (AvgIpc) is 1.94. The summed E-state index contributed by atoms with van der Waals surface area (Å²) in [5, 5.41) is 3.67. The molecule has 1 unspecified atom stereocenters. The van der Waals surface area contributed by atoms with Crippen molar-refractivity contribution in [1.82, 2.24) is 0 Å². The highest BCUT2D eigenvalue weighted by molar-refractivity contribution is 14.1. The maximum atomic E-state index is 8.16. The van der Waals surface area contributed by atoms with Crippen LogP contribution in [0.25, 0.3) is 10.4 Å². The van der Waals surface area contributed by atoms with Crippen LogP contribution in [0.15, 0.2) is 14.8 Å². The van der Waals surface area contributed by atoms with Crippen LogP contribution >= 0.6 is 22.6 Å². The molecule has 0 aromatic heterocycles. The predicted octanol–water partition coefficient (Wildman–Crippen LogP) is 3.17. The van der Waals surface area contributed by atoms with E-state index in [1.807, 2.05) is 0 Å². The fraction of sp³-hybridized carbons (Fsp3) is 0.667. The molecule has 1 aliphatic carbocycles. The van der Waals surface area contributed by atoms with Crippen molar-refractivity contribution in [3.05, 3.63) is 20.1 Å². The minimum absolute atomic E-state index is 0.124. The lowest BCUT2D eigenvalue weighted by Gasteiger charge is -2.14. The first-order valence-electron chi connectivity index (χ1n) is 3.24. The molecule has 1 atom stereocenters. The number of nitrogens with zero attached hydrogens (tertiary/aromatic N) is 3. The molecule has 0 fully saturated rings. The van der Waals surface area contributed by atoms with Crippen molar-refractivity contribution in [2.45, 2.75) is 25.3 Å². The van der Waals surface area contributed by atoms with Crippen LogP contribution < -0.4 is 0 Å². The van der Waals surface area contributed by atoms with Gasteiger partial charge in [-0.2, -0.15) is 0 Å². The van der Waals surface area contributed by atoms with E-state index in [4.69, 9.17) is 5.53 Å². The van der Waals surface area contributed by atoms with Crippen molar-refractivity contribution in [2.75, 3.05) is 0 Å². The Bertz CT molecular complexity index is 193. The first-order valence-corrected chi connectivity index (χ1v) is 4.32. The second kappa shape index (κ2) is 3.83. The maximum Gasteiger partial charge on any atom is 0.0679 e. The smallest absolute Gasteiger partial charge is 0.0679 e. The molecule has 10 heavy (non-hydrogen) atoms. The maximum absolute atomic E-state index is 8.16. The van der Waals surface area contributed by atoms with E-state index in [2.05, 4.69) is 38.7 Å². The normalized spacial score (nSPS) is 24.9. The Morgan fingerprint density at radius 3 is 3.20 bits per heavy atom. The molecular weight excluding hydrogens is 241 g/mol. The van der Waals surface area contributed by atoms with E-state index >= 15 is 0 Å². The third-order valence-corrected chi connectivity index (χ3v) is 2.69. The number of hydrogen-bond donors (Lipinski definition) is 0. The summed E-state index contributed by atoms with van der Waals surface area (Å²) in [6, 6.07) is 0.124. The number of allylic oxidation sites excluding steroid dienone is 1. The van der Waals surface area contributed by atoms with E-state index in [1.54, 1.807) is 0 Å². The summed E-state index contributed by atoms with van der Waals surface area (Å²) < 4.78 is 1.20. The van der Waals surface area contributed by atoms with Crippen LogP contribution in [0.5, 0.6) is 0 Å². The van der Waals surface area contributed by atoms with Crippen molar-refractivity contribution in [1.29, 1.82) is 0 Å². The first kappa shape index (κ1) is 7.88. The molecule has 4 heteroatoms. The first-order chi connectivity index (χ1) is 4.84. The quantitative estimate of drug-likeness (QED) is 0.296. The number of halogens is 1. The molecular formula is C6H8IN3. The zero-order valence-corrected chi connectivity index (χ0v) is 7.65. The van der Waals surface area contributed by atoms with Crippen LogP contribution in [-0.2, 0) is 0 Å². The Kier molecular flexibility index (Phi) is 3.02. The lowest BCUT2D eigenvalue weighted by Crippen LogP contribution is -2.06. The summed E-state index contributed by atoms with van der Waals surface area (Å²) in [6.07, 6.45) is 5.44. The van der Waals surface area contributed by atoms with Gasteiger partial charge in [-0.1, -0.05) is 11.2 Å². The molecule has 54 valence electrons. The van der Waals surface area contributed by atoms with Crippen molar-refractivity contribution in [3.8, 4) is 0 Å². The van der Waals surface area contributed by atoms with Gasteiger partial charge in [0.25, 0.3) is 0 Å². The molecule has 0 saturated heterocycles. The van der Waals surface area contributed by atoms with E-state index in [9.17, 15) is 0 Å². The van der Waals surface area contributed by atoms with Gasteiger partial charge in [0.2, 0.25) is 0 Å². The molecule has 0 heterocycles. The van der Waals surface area contributed by atoms with Crippen LogP contribution in [-0.4, -0.2) is 6.04 Å². The second-order valence-electron chi connectivity index (χ2n) is 2.24.